The number of halogens is 1. The molecule has 3 unspecified atom stereocenters. The van der Waals surface area contributed by atoms with Gasteiger partial charge in [0.25, 0.3) is 0 Å². The molecule has 6 heteroatoms. The molecule has 1 aromatic heterocycles. The van der Waals surface area contributed by atoms with Gasteiger partial charge in [-0.2, -0.15) is 0 Å². The maximum atomic E-state index is 12.2. The average molecular weight is 352 g/mol. The maximum absolute atomic E-state index is 12.2. The lowest BCUT2D eigenvalue weighted by atomic mass is 9.94. The fourth-order valence-electron chi connectivity index (χ4n) is 2.69. The van der Waals surface area contributed by atoms with Crippen LogP contribution in [0.2, 0.25) is 0 Å². The summed E-state index contributed by atoms with van der Waals surface area (Å²) in [6.45, 7) is 4.33. The van der Waals surface area contributed by atoms with Crippen molar-refractivity contribution in [2.24, 2.45) is 11.8 Å². The lowest BCUT2D eigenvalue weighted by molar-refractivity contribution is 0.369. The first kappa shape index (κ1) is 14.5. The van der Waals surface area contributed by atoms with Gasteiger partial charge in [-0.1, -0.05) is 20.3 Å². The SMILES string of the molecule is CCC1CCC(NS(=O)(=O)c2ccc(Br)s2)C1C. The molecule has 0 bridgehead atoms. The van der Waals surface area contributed by atoms with Gasteiger partial charge in [-0.05, 0) is 52.7 Å². The first-order valence-corrected chi connectivity index (χ1v) is 9.31. The van der Waals surface area contributed by atoms with Gasteiger partial charge >= 0.3 is 0 Å². The first-order chi connectivity index (χ1) is 8.44. The van der Waals surface area contributed by atoms with E-state index in [9.17, 15) is 8.42 Å². The van der Waals surface area contributed by atoms with Gasteiger partial charge in [0.2, 0.25) is 10.0 Å². The molecule has 1 heterocycles. The number of thiophene rings is 1. The highest BCUT2D eigenvalue weighted by Gasteiger charge is 2.34. The summed E-state index contributed by atoms with van der Waals surface area (Å²) >= 11 is 4.55. The van der Waals surface area contributed by atoms with E-state index in [4.69, 9.17) is 0 Å². The summed E-state index contributed by atoms with van der Waals surface area (Å²) in [4.78, 5) is 0. The molecule has 1 saturated carbocycles. The number of nitrogens with one attached hydrogen (secondary N) is 1. The minimum Gasteiger partial charge on any atom is -0.207 e. The van der Waals surface area contributed by atoms with Crippen LogP contribution in [0.5, 0.6) is 0 Å². The minimum atomic E-state index is -3.35. The van der Waals surface area contributed by atoms with Crippen molar-refractivity contribution in [1.29, 1.82) is 0 Å². The summed E-state index contributed by atoms with van der Waals surface area (Å²) in [6.07, 6.45) is 3.20. The van der Waals surface area contributed by atoms with Crippen LogP contribution in [0.3, 0.4) is 0 Å². The average Bonchev–Trinajstić information content (AvgIpc) is 2.87. The van der Waals surface area contributed by atoms with Crippen molar-refractivity contribution >= 4 is 37.3 Å². The van der Waals surface area contributed by atoms with Crippen LogP contribution >= 0.6 is 27.3 Å². The normalized spacial score (nSPS) is 28.7. The summed E-state index contributed by atoms with van der Waals surface area (Å²) in [5.41, 5.74) is 0. The molecule has 102 valence electrons. The predicted molar refractivity (Wildman–Crippen MR) is 78.3 cm³/mol. The van der Waals surface area contributed by atoms with E-state index >= 15 is 0 Å². The molecule has 1 fully saturated rings. The van der Waals surface area contributed by atoms with E-state index in [0.29, 0.717) is 16.0 Å². The molecule has 1 aliphatic rings. The molecule has 3 atom stereocenters. The fourth-order valence-corrected chi connectivity index (χ4v) is 6.08. The molecule has 0 amide bonds. The van der Waals surface area contributed by atoms with Crippen molar-refractivity contribution in [3.63, 3.8) is 0 Å². The molecule has 0 aliphatic heterocycles. The van der Waals surface area contributed by atoms with E-state index < -0.39 is 10.0 Å². The van der Waals surface area contributed by atoms with Gasteiger partial charge in [0.05, 0.1) is 3.79 Å². The molecule has 18 heavy (non-hydrogen) atoms. The second-order valence-electron chi connectivity index (χ2n) is 4.89. The van der Waals surface area contributed by atoms with E-state index in [2.05, 4.69) is 34.5 Å². The highest BCUT2D eigenvalue weighted by atomic mass is 79.9. The molecule has 0 saturated heterocycles. The fraction of sp³-hybridized carbons (Fsp3) is 0.667. The Morgan fingerprint density at radius 2 is 2.17 bits per heavy atom. The van der Waals surface area contributed by atoms with Gasteiger partial charge in [-0.25, -0.2) is 13.1 Å². The van der Waals surface area contributed by atoms with Crippen molar-refractivity contribution < 1.29 is 8.42 Å². The third kappa shape index (κ3) is 2.98. The molecule has 1 N–H and O–H groups in total. The molecule has 0 spiro atoms. The Bertz CT molecular complexity index is 512. The van der Waals surface area contributed by atoms with Crippen molar-refractivity contribution in [2.75, 3.05) is 0 Å². The standard InChI is InChI=1S/C12H18BrNO2S2/c1-3-9-4-5-10(8(9)2)14-18(15,16)12-7-6-11(13)17-12/h6-10,14H,3-5H2,1-2H3. The van der Waals surface area contributed by atoms with Crippen molar-refractivity contribution in [3.8, 4) is 0 Å². The van der Waals surface area contributed by atoms with Crippen molar-refractivity contribution in [3.05, 3.63) is 15.9 Å². The van der Waals surface area contributed by atoms with E-state index in [-0.39, 0.29) is 6.04 Å². The van der Waals surface area contributed by atoms with Crippen LogP contribution < -0.4 is 4.72 Å². The van der Waals surface area contributed by atoms with Crippen molar-refractivity contribution in [1.82, 2.24) is 4.72 Å². The van der Waals surface area contributed by atoms with E-state index in [1.165, 1.54) is 11.3 Å². The van der Waals surface area contributed by atoms with Gasteiger partial charge in [0.1, 0.15) is 4.21 Å². The van der Waals surface area contributed by atoms with Crippen LogP contribution in [-0.2, 0) is 10.0 Å². The number of sulfonamides is 1. The van der Waals surface area contributed by atoms with Gasteiger partial charge in [-0.3, -0.25) is 0 Å². The quantitative estimate of drug-likeness (QED) is 0.900. The minimum absolute atomic E-state index is 0.0841. The van der Waals surface area contributed by atoms with E-state index in [1.54, 1.807) is 12.1 Å². The maximum Gasteiger partial charge on any atom is 0.250 e. The molecule has 3 nitrogen and oxygen atoms in total. The molecular formula is C12H18BrNO2S2. The van der Waals surface area contributed by atoms with E-state index in [1.807, 2.05) is 0 Å². The first-order valence-electron chi connectivity index (χ1n) is 6.21. The Kier molecular flexibility index (Phi) is 4.52. The third-order valence-electron chi connectivity index (χ3n) is 3.87. The van der Waals surface area contributed by atoms with Gasteiger partial charge < -0.3 is 0 Å². The molecule has 1 aliphatic carbocycles. The van der Waals surface area contributed by atoms with Crippen LogP contribution in [0.15, 0.2) is 20.1 Å². The van der Waals surface area contributed by atoms with Gasteiger partial charge in [0, 0.05) is 6.04 Å². The number of hydrogen-bond donors (Lipinski definition) is 1. The predicted octanol–water partition coefficient (Wildman–Crippen LogP) is 3.61. The summed E-state index contributed by atoms with van der Waals surface area (Å²) in [6, 6.07) is 3.50. The second-order valence-corrected chi connectivity index (χ2v) is 9.29. The van der Waals surface area contributed by atoms with Gasteiger partial charge in [0.15, 0.2) is 0 Å². The zero-order chi connectivity index (χ0) is 13.3. The lowest BCUT2D eigenvalue weighted by Crippen LogP contribution is -2.37. The van der Waals surface area contributed by atoms with Crippen molar-refractivity contribution in [2.45, 2.75) is 43.4 Å². The summed E-state index contributed by atoms with van der Waals surface area (Å²) < 4.78 is 28.5. The Morgan fingerprint density at radius 1 is 1.44 bits per heavy atom. The third-order valence-corrected chi connectivity index (χ3v) is 7.48. The molecule has 0 aromatic carbocycles. The number of hydrogen-bond acceptors (Lipinski definition) is 3. The molecule has 2 rings (SSSR count). The van der Waals surface area contributed by atoms with Crippen LogP contribution in [0.25, 0.3) is 0 Å². The van der Waals surface area contributed by atoms with Crippen LogP contribution in [-0.4, -0.2) is 14.5 Å². The Balaban J connectivity index is 2.10. The second kappa shape index (κ2) is 5.61. The highest BCUT2D eigenvalue weighted by molar-refractivity contribution is 9.11. The zero-order valence-corrected chi connectivity index (χ0v) is 13.7. The molecular weight excluding hydrogens is 334 g/mol. The monoisotopic (exact) mass is 351 g/mol. The largest absolute Gasteiger partial charge is 0.250 e. The molecule has 1 aromatic rings. The summed E-state index contributed by atoms with van der Waals surface area (Å²) in [5.74, 6) is 1.07. The highest BCUT2D eigenvalue weighted by Crippen LogP contribution is 2.35. The zero-order valence-electron chi connectivity index (χ0n) is 10.5. The lowest BCUT2D eigenvalue weighted by Gasteiger charge is -2.20. The molecule has 0 radical (unpaired) electrons. The Labute approximate surface area is 121 Å². The van der Waals surface area contributed by atoms with Crippen LogP contribution in [0, 0.1) is 11.8 Å². The van der Waals surface area contributed by atoms with Crippen LogP contribution in [0.4, 0.5) is 0 Å². The van der Waals surface area contributed by atoms with Gasteiger partial charge in [-0.15, -0.1) is 11.3 Å². The Morgan fingerprint density at radius 3 is 2.67 bits per heavy atom. The van der Waals surface area contributed by atoms with E-state index in [0.717, 1.165) is 23.0 Å². The summed E-state index contributed by atoms with van der Waals surface area (Å²) in [5, 5.41) is 0. The van der Waals surface area contributed by atoms with Crippen LogP contribution in [0.1, 0.15) is 33.1 Å². The Hall–Kier alpha value is 0.0900. The summed E-state index contributed by atoms with van der Waals surface area (Å²) in [7, 11) is -3.35. The number of rotatable bonds is 4. The topological polar surface area (TPSA) is 46.2 Å². The smallest absolute Gasteiger partial charge is 0.207 e.